The fourth-order valence-electron chi connectivity index (χ4n) is 2.38. The molecular formula is C15H21NO3. The standard InChI is InChI=1S/C15H21NO3/c1-11(17)12-6-7-14(18-3)15(9-12)19-10-13-5-4-8-16(13)2/h6-7,9,13H,4-5,8,10H2,1-3H3. The molecule has 1 fully saturated rings. The van der Waals surface area contributed by atoms with Gasteiger partial charge in [-0.25, -0.2) is 0 Å². The Bertz CT molecular complexity index is 459. The van der Waals surface area contributed by atoms with Crippen molar-refractivity contribution in [3.63, 3.8) is 0 Å². The fourth-order valence-corrected chi connectivity index (χ4v) is 2.38. The number of likely N-dealkylation sites (N-methyl/N-ethyl adjacent to an activating group) is 1. The van der Waals surface area contributed by atoms with E-state index in [9.17, 15) is 4.79 Å². The lowest BCUT2D eigenvalue weighted by molar-refractivity contribution is 0.101. The van der Waals surface area contributed by atoms with Crippen LogP contribution in [0.4, 0.5) is 0 Å². The lowest BCUT2D eigenvalue weighted by atomic mass is 10.1. The zero-order valence-corrected chi connectivity index (χ0v) is 11.8. The number of methoxy groups -OCH3 is 1. The van der Waals surface area contributed by atoms with E-state index in [4.69, 9.17) is 9.47 Å². The molecule has 19 heavy (non-hydrogen) atoms. The first-order valence-corrected chi connectivity index (χ1v) is 6.64. The highest BCUT2D eigenvalue weighted by atomic mass is 16.5. The third kappa shape index (κ3) is 3.26. The topological polar surface area (TPSA) is 38.8 Å². The average Bonchev–Trinajstić information content (AvgIpc) is 2.81. The molecular weight excluding hydrogens is 242 g/mol. The molecule has 0 radical (unpaired) electrons. The van der Waals surface area contributed by atoms with Crippen molar-refractivity contribution in [3.05, 3.63) is 23.8 Å². The second-order valence-corrected chi connectivity index (χ2v) is 5.01. The van der Waals surface area contributed by atoms with Gasteiger partial charge in [0, 0.05) is 11.6 Å². The fraction of sp³-hybridized carbons (Fsp3) is 0.533. The van der Waals surface area contributed by atoms with Crippen LogP contribution in [0.15, 0.2) is 18.2 Å². The molecule has 1 aromatic rings. The van der Waals surface area contributed by atoms with Crippen LogP contribution in [0.2, 0.25) is 0 Å². The highest BCUT2D eigenvalue weighted by Crippen LogP contribution is 2.29. The first-order chi connectivity index (χ1) is 9.11. The van der Waals surface area contributed by atoms with E-state index in [-0.39, 0.29) is 5.78 Å². The predicted molar refractivity (Wildman–Crippen MR) is 74.1 cm³/mol. The molecule has 1 saturated heterocycles. The molecule has 0 saturated carbocycles. The normalized spacial score (nSPS) is 19.4. The van der Waals surface area contributed by atoms with Gasteiger partial charge in [-0.3, -0.25) is 4.79 Å². The van der Waals surface area contributed by atoms with Crippen LogP contribution in [0, 0.1) is 0 Å². The Kier molecular flexibility index (Phi) is 4.43. The number of ether oxygens (including phenoxy) is 2. The lowest BCUT2D eigenvalue weighted by Crippen LogP contribution is -2.30. The number of likely N-dealkylation sites (tertiary alicyclic amines) is 1. The predicted octanol–water partition coefficient (Wildman–Crippen LogP) is 2.37. The first kappa shape index (κ1) is 13.9. The van der Waals surface area contributed by atoms with Gasteiger partial charge in [-0.2, -0.15) is 0 Å². The van der Waals surface area contributed by atoms with Crippen LogP contribution in [-0.4, -0.2) is 44.0 Å². The lowest BCUT2D eigenvalue weighted by Gasteiger charge is -2.20. The summed E-state index contributed by atoms with van der Waals surface area (Å²) < 4.78 is 11.1. The number of hydrogen-bond acceptors (Lipinski definition) is 4. The Morgan fingerprint density at radius 1 is 1.42 bits per heavy atom. The Morgan fingerprint density at radius 3 is 2.79 bits per heavy atom. The summed E-state index contributed by atoms with van der Waals surface area (Å²) in [6.07, 6.45) is 2.38. The molecule has 0 aromatic heterocycles. The SMILES string of the molecule is COc1ccc(C(C)=O)cc1OCC1CCCN1C. The zero-order valence-electron chi connectivity index (χ0n) is 11.8. The van der Waals surface area contributed by atoms with Crippen LogP contribution in [0.25, 0.3) is 0 Å². The van der Waals surface area contributed by atoms with Crippen molar-refractivity contribution < 1.29 is 14.3 Å². The van der Waals surface area contributed by atoms with E-state index < -0.39 is 0 Å². The van der Waals surface area contributed by atoms with Crippen molar-refractivity contribution in [2.24, 2.45) is 0 Å². The summed E-state index contributed by atoms with van der Waals surface area (Å²) >= 11 is 0. The minimum Gasteiger partial charge on any atom is -0.493 e. The number of ketones is 1. The quantitative estimate of drug-likeness (QED) is 0.765. The largest absolute Gasteiger partial charge is 0.493 e. The van der Waals surface area contributed by atoms with Gasteiger partial charge in [-0.15, -0.1) is 0 Å². The Balaban J connectivity index is 2.09. The molecule has 4 nitrogen and oxygen atoms in total. The number of Topliss-reactive ketones (excluding diaryl/α,β-unsaturated/α-hetero) is 1. The van der Waals surface area contributed by atoms with Gasteiger partial charge in [0.2, 0.25) is 0 Å². The van der Waals surface area contributed by atoms with Crippen molar-refractivity contribution in [1.82, 2.24) is 4.90 Å². The molecule has 2 rings (SSSR count). The second-order valence-electron chi connectivity index (χ2n) is 5.01. The van der Waals surface area contributed by atoms with E-state index in [1.54, 1.807) is 32.2 Å². The minimum absolute atomic E-state index is 0.0329. The van der Waals surface area contributed by atoms with Crippen LogP contribution in [0.1, 0.15) is 30.1 Å². The summed E-state index contributed by atoms with van der Waals surface area (Å²) in [5.74, 6) is 1.35. The van der Waals surface area contributed by atoms with E-state index in [0.29, 0.717) is 29.7 Å². The summed E-state index contributed by atoms with van der Waals surface area (Å²) in [5.41, 5.74) is 0.649. The Labute approximate surface area is 114 Å². The molecule has 0 amide bonds. The van der Waals surface area contributed by atoms with Crippen LogP contribution in [0.5, 0.6) is 11.5 Å². The van der Waals surface area contributed by atoms with Crippen molar-refractivity contribution in [2.45, 2.75) is 25.8 Å². The van der Waals surface area contributed by atoms with Gasteiger partial charge in [0.15, 0.2) is 17.3 Å². The maximum atomic E-state index is 11.4. The van der Waals surface area contributed by atoms with Gasteiger partial charge in [0.25, 0.3) is 0 Å². The van der Waals surface area contributed by atoms with Gasteiger partial charge in [0.05, 0.1) is 7.11 Å². The molecule has 4 heteroatoms. The van der Waals surface area contributed by atoms with E-state index >= 15 is 0 Å². The molecule has 1 aliphatic rings. The molecule has 1 unspecified atom stereocenters. The van der Waals surface area contributed by atoms with Crippen LogP contribution in [0.3, 0.4) is 0 Å². The maximum Gasteiger partial charge on any atom is 0.161 e. The van der Waals surface area contributed by atoms with Gasteiger partial charge in [-0.1, -0.05) is 0 Å². The van der Waals surface area contributed by atoms with Crippen molar-refractivity contribution in [3.8, 4) is 11.5 Å². The first-order valence-electron chi connectivity index (χ1n) is 6.64. The summed E-state index contributed by atoms with van der Waals surface area (Å²) in [5, 5.41) is 0. The summed E-state index contributed by atoms with van der Waals surface area (Å²) in [7, 11) is 3.72. The molecule has 1 atom stereocenters. The highest BCUT2D eigenvalue weighted by molar-refractivity contribution is 5.94. The molecule has 104 valence electrons. The molecule has 0 aliphatic carbocycles. The van der Waals surface area contributed by atoms with Crippen LogP contribution in [-0.2, 0) is 0 Å². The zero-order chi connectivity index (χ0) is 13.8. The van der Waals surface area contributed by atoms with E-state index in [1.807, 2.05) is 0 Å². The second kappa shape index (κ2) is 6.06. The number of rotatable bonds is 5. The molecule has 1 aromatic carbocycles. The van der Waals surface area contributed by atoms with Gasteiger partial charge in [0.1, 0.15) is 6.61 Å². The smallest absolute Gasteiger partial charge is 0.161 e. The summed E-state index contributed by atoms with van der Waals surface area (Å²) in [6.45, 7) is 3.31. The Hall–Kier alpha value is -1.55. The number of nitrogens with zero attached hydrogens (tertiary/aromatic N) is 1. The third-order valence-corrected chi connectivity index (χ3v) is 3.67. The molecule has 1 heterocycles. The van der Waals surface area contributed by atoms with Crippen molar-refractivity contribution in [1.29, 1.82) is 0 Å². The number of carbonyl (C=O) groups is 1. The number of carbonyl (C=O) groups excluding carboxylic acids is 1. The van der Waals surface area contributed by atoms with E-state index in [2.05, 4.69) is 11.9 Å². The molecule has 0 spiro atoms. The van der Waals surface area contributed by atoms with Gasteiger partial charge >= 0.3 is 0 Å². The monoisotopic (exact) mass is 263 g/mol. The molecule has 0 bridgehead atoms. The third-order valence-electron chi connectivity index (χ3n) is 3.67. The molecule has 1 aliphatic heterocycles. The van der Waals surface area contributed by atoms with E-state index in [0.717, 1.165) is 13.0 Å². The highest BCUT2D eigenvalue weighted by Gasteiger charge is 2.22. The van der Waals surface area contributed by atoms with Crippen molar-refractivity contribution in [2.75, 3.05) is 27.3 Å². The molecule has 0 N–H and O–H groups in total. The Morgan fingerprint density at radius 2 is 2.21 bits per heavy atom. The van der Waals surface area contributed by atoms with Gasteiger partial charge < -0.3 is 14.4 Å². The van der Waals surface area contributed by atoms with Crippen molar-refractivity contribution >= 4 is 5.78 Å². The maximum absolute atomic E-state index is 11.4. The number of hydrogen-bond donors (Lipinski definition) is 0. The van der Waals surface area contributed by atoms with Gasteiger partial charge in [-0.05, 0) is 51.6 Å². The minimum atomic E-state index is 0.0329. The van der Waals surface area contributed by atoms with Crippen LogP contribution < -0.4 is 9.47 Å². The summed E-state index contributed by atoms with van der Waals surface area (Å²) in [6, 6.07) is 5.75. The van der Waals surface area contributed by atoms with Crippen LogP contribution >= 0.6 is 0 Å². The number of benzene rings is 1. The summed E-state index contributed by atoms with van der Waals surface area (Å²) in [4.78, 5) is 13.7. The average molecular weight is 263 g/mol. The van der Waals surface area contributed by atoms with E-state index in [1.165, 1.54) is 6.42 Å².